The van der Waals surface area contributed by atoms with Gasteiger partial charge in [-0.05, 0) is 73.5 Å². The van der Waals surface area contributed by atoms with E-state index in [1.165, 1.54) is 22.7 Å². The van der Waals surface area contributed by atoms with E-state index in [1.807, 2.05) is 97.4 Å². The molecule has 0 radical (unpaired) electrons. The Hall–Kier alpha value is -3.47. The number of phenolic OH excluding ortho intramolecular Hbond substituents is 2. The third-order valence-corrected chi connectivity index (χ3v) is 8.82. The first-order valence-corrected chi connectivity index (χ1v) is 16.7. The first-order valence-electron chi connectivity index (χ1n) is 13.3. The Morgan fingerprint density at radius 1 is 0.600 bits per heavy atom. The van der Waals surface area contributed by atoms with E-state index in [9.17, 15) is 10.2 Å². The molecule has 0 fully saturated rings. The second kappa shape index (κ2) is 16.2. The third kappa shape index (κ3) is 9.76. The van der Waals surface area contributed by atoms with Crippen molar-refractivity contribution in [2.24, 2.45) is 9.98 Å². The number of nitrogens with zero attached hydrogens (tertiary/aromatic N) is 4. The summed E-state index contributed by atoms with van der Waals surface area (Å²) in [6.45, 7) is 3.87. The van der Waals surface area contributed by atoms with E-state index >= 15 is 0 Å². The van der Waals surface area contributed by atoms with Crippen molar-refractivity contribution < 1.29 is 26.7 Å². The molecule has 6 rings (SSSR count). The fourth-order valence-corrected chi connectivity index (χ4v) is 5.80. The van der Waals surface area contributed by atoms with Gasteiger partial charge in [-0.2, -0.15) is 0 Å². The summed E-state index contributed by atoms with van der Waals surface area (Å²) in [5.41, 5.74) is 7.31. The number of halogens is 2. The Morgan fingerprint density at radius 3 is 1.33 bits per heavy atom. The molecule has 4 aromatic carbocycles. The maximum Gasteiger partial charge on any atom is 0.209 e. The van der Waals surface area contributed by atoms with E-state index < -0.39 is 0 Å². The zero-order valence-electron chi connectivity index (χ0n) is 24.0. The predicted molar refractivity (Wildman–Crippen MR) is 191 cm³/mol. The Balaban J connectivity index is 0.000000200. The molecule has 2 aromatic heterocycles. The molecule has 0 unspecified atom stereocenters. The molecule has 0 aliphatic rings. The second-order valence-corrected chi connectivity index (χ2v) is 13.2. The van der Waals surface area contributed by atoms with E-state index in [1.54, 1.807) is 24.6 Å². The summed E-state index contributed by atoms with van der Waals surface area (Å²) in [4.78, 5) is 17.7. The van der Waals surface area contributed by atoms with Crippen molar-refractivity contribution in [1.29, 1.82) is 0 Å². The molecule has 11 heteroatoms. The van der Waals surface area contributed by atoms with Crippen LogP contribution in [-0.2, 0) is 16.5 Å². The summed E-state index contributed by atoms with van der Waals surface area (Å²) >= 11 is 9.79. The van der Waals surface area contributed by atoms with E-state index in [0.29, 0.717) is 21.4 Å². The standard InChI is InChI=1S/2C17H13BrN2OS.Ni/c2*1-11-2-3-13(16(21)8-11)9-19-17-20-15(10-22-17)12-4-6-14(18)7-5-12;/h2*2-10,21H,1H3;/b2*19-9+;. The van der Waals surface area contributed by atoms with Gasteiger partial charge in [0, 0.05) is 70.9 Å². The number of aromatic nitrogens is 2. The zero-order chi connectivity index (χ0) is 31.1. The summed E-state index contributed by atoms with van der Waals surface area (Å²) in [5, 5.41) is 25.0. The van der Waals surface area contributed by atoms with Crippen molar-refractivity contribution in [3.8, 4) is 34.0 Å². The molecule has 0 atom stereocenters. The summed E-state index contributed by atoms with van der Waals surface area (Å²) in [5.74, 6) is 0.460. The molecule has 0 aliphatic heterocycles. The molecule has 0 aliphatic carbocycles. The van der Waals surface area contributed by atoms with Crippen molar-refractivity contribution in [2.75, 3.05) is 0 Å². The van der Waals surface area contributed by atoms with Crippen LogP contribution in [0.5, 0.6) is 11.5 Å². The quantitative estimate of drug-likeness (QED) is 0.130. The summed E-state index contributed by atoms with van der Waals surface area (Å²) in [7, 11) is 0. The first-order chi connectivity index (χ1) is 21.2. The van der Waals surface area contributed by atoms with E-state index in [4.69, 9.17) is 0 Å². The fraction of sp³-hybridized carbons (Fsp3) is 0.0588. The molecule has 45 heavy (non-hydrogen) atoms. The number of hydrogen-bond acceptors (Lipinski definition) is 8. The molecule has 0 bridgehead atoms. The average molecular weight is 805 g/mol. The van der Waals surface area contributed by atoms with Crippen LogP contribution in [0.4, 0.5) is 10.3 Å². The van der Waals surface area contributed by atoms with Crippen LogP contribution >= 0.6 is 54.5 Å². The number of thiazole rings is 2. The van der Waals surface area contributed by atoms with Gasteiger partial charge in [0.1, 0.15) is 11.5 Å². The van der Waals surface area contributed by atoms with Crippen molar-refractivity contribution >= 4 is 77.2 Å². The SMILES string of the molecule is Cc1ccc(/C=N/c2nc(-c3ccc(Br)cc3)cs2)c(O)c1.Cc1ccc(/C=N/c2nc(-c3ccc(Br)cc3)cs2)c(O)c1.[Ni]. The van der Waals surface area contributed by atoms with Gasteiger partial charge < -0.3 is 10.2 Å². The summed E-state index contributed by atoms with van der Waals surface area (Å²) in [6.07, 6.45) is 3.28. The van der Waals surface area contributed by atoms with Gasteiger partial charge in [-0.3, -0.25) is 0 Å². The topological polar surface area (TPSA) is 91.0 Å². The average Bonchev–Trinajstić information content (AvgIpc) is 3.68. The number of rotatable bonds is 6. The molecule has 0 saturated carbocycles. The Labute approximate surface area is 296 Å². The molecule has 0 amide bonds. The molecule has 230 valence electrons. The van der Waals surface area contributed by atoms with Crippen LogP contribution in [0.25, 0.3) is 22.5 Å². The fourth-order valence-electron chi connectivity index (χ4n) is 3.93. The molecule has 2 heterocycles. The minimum Gasteiger partial charge on any atom is -0.507 e. The number of aromatic hydroxyl groups is 2. The predicted octanol–water partition coefficient (Wildman–Crippen LogP) is 10.7. The third-order valence-electron chi connectivity index (χ3n) is 6.26. The van der Waals surface area contributed by atoms with Crippen molar-refractivity contribution in [3.63, 3.8) is 0 Å². The summed E-state index contributed by atoms with van der Waals surface area (Å²) in [6, 6.07) is 27.0. The Bertz CT molecular complexity index is 1800. The van der Waals surface area contributed by atoms with Crippen LogP contribution in [0, 0.1) is 13.8 Å². The minimum absolute atomic E-state index is 0. The number of benzene rings is 4. The minimum atomic E-state index is 0. The van der Waals surface area contributed by atoms with E-state index in [0.717, 1.165) is 42.6 Å². The van der Waals surface area contributed by atoms with Gasteiger partial charge in [0.25, 0.3) is 0 Å². The van der Waals surface area contributed by atoms with Crippen molar-refractivity contribution in [3.05, 3.63) is 127 Å². The van der Waals surface area contributed by atoms with E-state index in [2.05, 4.69) is 51.8 Å². The number of hydrogen-bond donors (Lipinski definition) is 2. The van der Waals surface area contributed by atoms with Crippen LogP contribution in [0.3, 0.4) is 0 Å². The molecule has 0 spiro atoms. The largest absolute Gasteiger partial charge is 0.507 e. The van der Waals surface area contributed by atoms with Crippen LogP contribution in [0.1, 0.15) is 22.3 Å². The molecule has 0 saturated heterocycles. The second-order valence-electron chi connectivity index (χ2n) is 9.69. The van der Waals surface area contributed by atoms with Crippen molar-refractivity contribution in [1.82, 2.24) is 9.97 Å². The molecular formula is C34H26Br2N4NiO2S2. The smallest absolute Gasteiger partial charge is 0.209 e. The van der Waals surface area contributed by atoms with Crippen LogP contribution in [0.15, 0.2) is 115 Å². The number of aryl methyl sites for hydroxylation is 2. The van der Waals surface area contributed by atoms with Gasteiger partial charge in [-0.15, -0.1) is 22.7 Å². The Morgan fingerprint density at radius 2 is 0.978 bits per heavy atom. The van der Waals surface area contributed by atoms with Crippen LogP contribution in [-0.4, -0.2) is 32.6 Å². The first kappa shape index (κ1) is 34.4. The van der Waals surface area contributed by atoms with E-state index in [-0.39, 0.29) is 28.0 Å². The maximum atomic E-state index is 9.87. The van der Waals surface area contributed by atoms with Crippen LogP contribution in [0.2, 0.25) is 0 Å². The van der Waals surface area contributed by atoms with Gasteiger partial charge >= 0.3 is 0 Å². The van der Waals surface area contributed by atoms with Gasteiger partial charge in [-0.1, -0.05) is 68.3 Å². The molecule has 6 nitrogen and oxygen atoms in total. The molecular weight excluding hydrogens is 779 g/mol. The van der Waals surface area contributed by atoms with Gasteiger partial charge in [0.05, 0.1) is 11.4 Å². The Kier molecular flexibility index (Phi) is 12.4. The van der Waals surface area contributed by atoms with Crippen LogP contribution < -0.4 is 0 Å². The monoisotopic (exact) mass is 802 g/mol. The molecule has 2 N–H and O–H groups in total. The van der Waals surface area contributed by atoms with Crippen molar-refractivity contribution in [2.45, 2.75) is 13.8 Å². The normalized spacial score (nSPS) is 10.9. The maximum absolute atomic E-state index is 9.87. The number of aliphatic imine (C=N–C) groups is 2. The van der Waals surface area contributed by atoms with Gasteiger partial charge in [0.2, 0.25) is 10.3 Å². The number of phenols is 2. The van der Waals surface area contributed by atoms with Gasteiger partial charge in [0.15, 0.2) is 0 Å². The zero-order valence-corrected chi connectivity index (χ0v) is 29.8. The van der Waals surface area contributed by atoms with Gasteiger partial charge in [-0.25, -0.2) is 20.0 Å². The molecule has 6 aromatic rings. The summed E-state index contributed by atoms with van der Waals surface area (Å²) < 4.78 is 2.08.